The second-order valence-corrected chi connectivity index (χ2v) is 4.94. The number of halogens is 1. The number of nitro groups is 2. The van der Waals surface area contributed by atoms with Crippen LogP contribution in [0.5, 0.6) is 5.75 Å². The lowest BCUT2D eigenvalue weighted by molar-refractivity contribution is -0.395. The normalized spacial score (nSPS) is 29.9. The summed E-state index contributed by atoms with van der Waals surface area (Å²) in [5, 5.41) is 50.0. The molecule has 12 heteroatoms. The Hall–Kier alpha value is -2.41. The van der Waals surface area contributed by atoms with Crippen LogP contribution < -0.4 is 4.74 Å². The SMILES string of the molecule is O=[N+]([O-])c1ccc(O[C@@H]2O[C@H](CO)[C@@H](F)[C@H](O)[C@H]2O)c([N+](=O)[O-])c1. The first-order valence-corrected chi connectivity index (χ1v) is 6.62. The first-order valence-electron chi connectivity index (χ1n) is 6.62. The first kappa shape index (κ1) is 17.9. The minimum atomic E-state index is -2.09. The molecule has 5 atom stereocenters. The number of ether oxygens (including phenoxy) is 2. The zero-order valence-electron chi connectivity index (χ0n) is 11.9. The van der Waals surface area contributed by atoms with Crippen molar-refractivity contribution in [2.45, 2.75) is 30.8 Å². The molecule has 0 spiro atoms. The minimum Gasteiger partial charge on any atom is -0.455 e. The molecule has 1 aromatic rings. The minimum absolute atomic E-state index is 0.490. The molecule has 132 valence electrons. The molecule has 0 amide bonds. The summed E-state index contributed by atoms with van der Waals surface area (Å²) >= 11 is 0. The van der Waals surface area contributed by atoms with Gasteiger partial charge in [0.05, 0.1) is 22.5 Å². The van der Waals surface area contributed by atoms with Gasteiger partial charge in [-0.05, 0) is 6.07 Å². The number of hydrogen-bond donors (Lipinski definition) is 3. The Balaban J connectivity index is 2.29. The zero-order valence-corrected chi connectivity index (χ0v) is 11.9. The van der Waals surface area contributed by atoms with E-state index >= 15 is 0 Å². The Labute approximate surface area is 133 Å². The number of nitro benzene ring substituents is 2. The van der Waals surface area contributed by atoms with Crippen LogP contribution in [0.2, 0.25) is 0 Å². The first-order chi connectivity index (χ1) is 11.3. The van der Waals surface area contributed by atoms with Crippen molar-refractivity contribution >= 4 is 11.4 Å². The van der Waals surface area contributed by atoms with Crippen LogP contribution in [0.3, 0.4) is 0 Å². The maximum atomic E-state index is 13.6. The Kier molecular flexibility index (Phi) is 5.23. The fraction of sp³-hybridized carbons (Fsp3) is 0.500. The van der Waals surface area contributed by atoms with Crippen LogP contribution in [0.25, 0.3) is 0 Å². The Morgan fingerprint density at radius 1 is 1.21 bits per heavy atom. The molecule has 11 nitrogen and oxygen atoms in total. The molecule has 1 aliphatic heterocycles. The number of nitrogens with zero attached hydrogens (tertiary/aromatic N) is 2. The van der Waals surface area contributed by atoms with E-state index in [1.165, 1.54) is 0 Å². The highest BCUT2D eigenvalue weighted by molar-refractivity contribution is 5.53. The van der Waals surface area contributed by atoms with Gasteiger partial charge in [-0.3, -0.25) is 20.2 Å². The molecule has 1 fully saturated rings. The summed E-state index contributed by atoms with van der Waals surface area (Å²) in [6.07, 6.45) is -9.15. The lowest BCUT2D eigenvalue weighted by Gasteiger charge is -2.38. The van der Waals surface area contributed by atoms with E-state index in [1.807, 2.05) is 0 Å². The summed E-state index contributed by atoms with van der Waals surface area (Å²) in [4.78, 5) is 19.9. The lowest BCUT2D eigenvalue weighted by atomic mass is 10.0. The quantitative estimate of drug-likeness (QED) is 0.476. The van der Waals surface area contributed by atoms with Gasteiger partial charge in [0, 0.05) is 6.07 Å². The van der Waals surface area contributed by atoms with Gasteiger partial charge in [0.15, 0.2) is 6.17 Å². The predicted octanol–water partition coefficient (Wildman–Crippen LogP) is -0.341. The van der Waals surface area contributed by atoms with Crippen LogP contribution in [-0.4, -0.2) is 62.5 Å². The summed E-state index contributed by atoms with van der Waals surface area (Å²) in [7, 11) is 0. The van der Waals surface area contributed by atoms with Crippen LogP contribution in [0.1, 0.15) is 0 Å². The van der Waals surface area contributed by atoms with E-state index in [0.717, 1.165) is 12.1 Å². The van der Waals surface area contributed by atoms with E-state index in [2.05, 4.69) is 0 Å². The third kappa shape index (κ3) is 3.41. The third-order valence-corrected chi connectivity index (χ3v) is 3.39. The van der Waals surface area contributed by atoms with E-state index in [-0.39, 0.29) is 0 Å². The molecule has 1 aromatic carbocycles. The number of alkyl halides is 1. The van der Waals surface area contributed by atoms with Gasteiger partial charge in [0.2, 0.25) is 12.0 Å². The number of aliphatic hydroxyl groups excluding tert-OH is 3. The summed E-state index contributed by atoms with van der Waals surface area (Å²) in [6, 6.07) is 2.48. The number of aliphatic hydroxyl groups is 3. The maximum absolute atomic E-state index is 13.6. The number of benzene rings is 1. The van der Waals surface area contributed by atoms with Gasteiger partial charge >= 0.3 is 5.69 Å². The monoisotopic (exact) mass is 348 g/mol. The maximum Gasteiger partial charge on any atom is 0.317 e. The van der Waals surface area contributed by atoms with Crippen LogP contribution in [0.15, 0.2) is 18.2 Å². The highest BCUT2D eigenvalue weighted by atomic mass is 19.1. The molecular formula is C12H13FN2O9. The van der Waals surface area contributed by atoms with E-state index in [4.69, 9.17) is 14.6 Å². The van der Waals surface area contributed by atoms with Crippen molar-refractivity contribution in [3.8, 4) is 5.75 Å². The van der Waals surface area contributed by atoms with Gasteiger partial charge in [-0.25, -0.2) is 4.39 Å². The molecule has 1 heterocycles. The van der Waals surface area contributed by atoms with Crippen molar-refractivity contribution in [3.05, 3.63) is 38.4 Å². The predicted molar refractivity (Wildman–Crippen MR) is 73.0 cm³/mol. The smallest absolute Gasteiger partial charge is 0.317 e. The van der Waals surface area contributed by atoms with Crippen molar-refractivity contribution in [1.82, 2.24) is 0 Å². The third-order valence-electron chi connectivity index (χ3n) is 3.39. The van der Waals surface area contributed by atoms with Gasteiger partial charge in [-0.2, -0.15) is 0 Å². The summed E-state index contributed by atoms with van der Waals surface area (Å²) in [5.41, 5.74) is -1.34. The molecule has 0 bridgehead atoms. The van der Waals surface area contributed by atoms with Crippen molar-refractivity contribution in [1.29, 1.82) is 0 Å². The summed E-state index contributed by atoms with van der Waals surface area (Å²) in [5.74, 6) is -0.490. The number of hydrogen-bond acceptors (Lipinski definition) is 9. The van der Waals surface area contributed by atoms with Gasteiger partial charge in [0.25, 0.3) is 5.69 Å². The fourth-order valence-electron chi connectivity index (χ4n) is 2.13. The largest absolute Gasteiger partial charge is 0.455 e. The molecule has 2 rings (SSSR count). The molecule has 0 saturated carbocycles. The van der Waals surface area contributed by atoms with Gasteiger partial charge in [-0.1, -0.05) is 0 Å². The number of rotatable bonds is 5. The van der Waals surface area contributed by atoms with Crippen LogP contribution in [0, 0.1) is 20.2 Å². The average Bonchev–Trinajstić information content (AvgIpc) is 2.55. The second-order valence-electron chi connectivity index (χ2n) is 4.94. The second kappa shape index (κ2) is 7.00. The van der Waals surface area contributed by atoms with E-state index in [0.29, 0.717) is 6.07 Å². The fourth-order valence-corrected chi connectivity index (χ4v) is 2.13. The Bertz CT molecular complexity index is 641. The molecular weight excluding hydrogens is 335 g/mol. The Morgan fingerprint density at radius 2 is 1.88 bits per heavy atom. The van der Waals surface area contributed by atoms with Crippen LogP contribution >= 0.6 is 0 Å². The molecule has 0 aromatic heterocycles. The van der Waals surface area contributed by atoms with Crippen LogP contribution in [-0.2, 0) is 4.74 Å². The lowest BCUT2D eigenvalue weighted by Crippen LogP contribution is -2.58. The molecule has 0 unspecified atom stereocenters. The molecule has 3 N–H and O–H groups in total. The van der Waals surface area contributed by atoms with Crippen LogP contribution in [0.4, 0.5) is 15.8 Å². The molecule has 1 saturated heterocycles. The zero-order chi connectivity index (χ0) is 18.0. The standard InChI is InChI=1S/C12H13FN2O9/c13-9-8(4-16)24-12(11(18)10(9)17)23-7-2-1-5(14(19)20)3-6(7)15(21)22/h1-3,8-12,16-18H,4H2/t8-,9-,10+,11-,12-/m1/s1. The van der Waals surface area contributed by atoms with E-state index < -0.39 is 64.4 Å². The van der Waals surface area contributed by atoms with Crippen molar-refractivity contribution in [2.75, 3.05) is 6.61 Å². The molecule has 0 aliphatic carbocycles. The van der Waals surface area contributed by atoms with Crippen molar-refractivity contribution < 1.29 is 39.0 Å². The molecule has 24 heavy (non-hydrogen) atoms. The van der Waals surface area contributed by atoms with Gasteiger partial charge < -0.3 is 24.8 Å². The van der Waals surface area contributed by atoms with Crippen molar-refractivity contribution in [3.63, 3.8) is 0 Å². The van der Waals surface area contributed by atoms with Gasteiger partial charge in [-0.15, -0.1) is 0 Å². The van der Waals surface area contributed by atoms with Gasteiger partial charge in [0.1, 0.15) is 18.3 Å². The summed E-state index contributed by atoms with van der Waals surface area (Å²) < 4.78 is 23.6. The molecule has 1 aliphatic rings. The Morgan fingerprint density at radius 3 is 2.42 bits per heavy atom. The topological polar surface area (TPSA) is 165 Å². The highest BCUT2D eigenvalue weighted by Gasteiger charge is 2.46. The average molecular weight is 348 g/mol. The van der Waals surface area contributed by atoms with E-state index in [1.54, 1.807) is 0 Å². The van der Waals surface area contributed by atoms with E-state index in [9.17, 15) is 34.8 Å². The number of non-ortho nitro benzene ring substituents is 1. The highest BCUT2D eigenvalue weighted by Crippen LogP contribution is 2.34. The molecule has 0 radical (unpaired) electrons. The summed E-state index contributed by atoms with van der Waals surface area (Å²) in [6.45, 7) is -0.826. The van der Waals surface area contributed by atoms with Crippen molar-refractivity contribution in [2.24, 2.45) is 0 Å².